The highest BCUT2D eigenvalue weighted by Gasteiger charge is 2.26. The minimum Gasteiger partial charge on any atom is -0.398 e. The maximum Gasteiger partial charge on any atom is 0.248 e. The largest absolute Gasteiger partial charge is 0.398 e. The molecule has 0 saturated heterocycles. The molecule has 0 radical (unpaired) electrons. The molecule has 0 aromatic heterocycles. The van der Waals surface area contributed by atoms with E-state index in [4.69, 9.17) is 17.9 Å². The summed E-state index contributed by atoms with van der Waals surface area (Å²) in [6.45, 7) is 3.08. The van der Waals surface area contributed by atoms with Crippen molar-refractivity contribution in [2.45, 2.75) is 24.3 Å². The van der Waals surface area contributed by atoms with Crippen molar-refractivity contribution >= 4 is 21.6 Å². The molecule has 0 aliphatic heterocycles. The smallest absolute Gasteiger partial charge is 0.248 e. The zero-order valence-electron chi connectivity index (χ0n) is 10.6. The molecule has 19 heavy (non-hydrogen) atoms. The summed E-state index contributed by atoms with van der Waals surface area (Å²) >= 11 is 0. The first-order chi connectivity index (χ1) is 8.59. The van der Waals surface area contributed by atoms with Crippen molar-refractivity contribution in [3.05, 3.63) is 23.8 Å². The Kier molecular flexibility index (Phi) is 3.88. The van der Waals surface area contributed by atoms with Crippen LogP contribution >= 0.6 is 0 Å². The number of hydrogen-bond donors (Lipinski definition) is 3. The zero-order chi connectivity index (χ0) is 14.8. The van der Waals surface area contributed by atoms with Gasteiger partial charge in [-0.2, -0.15) is 4.72 Å². The number of terminal acetylenes is 1. The van der Waals surface area contributed by atoms with E-state index in [0.29, 0.717) is 0 Å². The van der Waals surface area contributed by atoms with Crippen molar-refractivity contribution in [1.29, 1.82) is 0 Å². The highest BCUT2D eigenvalue weighted by Crippen LogP contribution is 2.21. The predicted octanol–water partition coefficient (Wildman–Crippen LogP) is 0.0578. The van der Waals surface area contributed by atoms with Gasteiger partial charge in [-0.15, -0.1) is 6.42 Å². The van der Waals surface area contributed by atoms with Crippen LogP contribution in [0.2, 0.25) is 0 Å². The van der Waals surface area contributed by atoms with Gasteiger partial charge in [0.1, 0.15) is 4.90 Å². The summed E-state index contributed by atoms with van der Waals surface area (Å²) in [5.74, 6) is 1.62. The minimum atomic E-state index is -3.87. The lowest BCUT2D eigenvalue weighted by Crippen LogP contribution is -2.42. The van der Waals surface area contributed by atoms with E-state index in [9.17, 15) is 13.2 Å². The van der Waals surface area contributed by atoms with Crippen molar-refractivity contribution in [3.8, 4) is 12.3 Å². The van der Waals surface area contributed by atoms with Gasteiger partial charge in [-0.25, -0.2) is 8.42 Å². The van der Waals surface area contributed by atoms with Crippen LogP contribution in [-0.2, 0) is 10.0 Å². The van der Waals surface area contributed by atoms with Crippen molar-refractivity contribution in [3.63, 3.8) is 0 Å². The molecule has 1 aromatic rings. The molecular formula is C12H15N3O3S. The number of nitrogens with one attached hydrogen (secondary N) is 1. The van der Waals surface area contributed by atoms with Crippen molar-refractivity contribution in [2.75, 3.05) is 5.73 Å². The summed E-state index contributed by atoms with van der Waals surface area (Å²) in [5.41, 5.74) is 9.72. The lowest BCUT2D eigenvalue weighted by molar-refractivity contribution is 0.1000. The Morgan fingerprint density at radius 2 is 2.00 bits per heavy atom. The summed E-state index contributed by atoms with van der Waals surface area (Å²) in [4.78, 5) is 10.8. The van der Waals surface area contributed by atoms with Crippen LogP contribution in [0.5, 0.6) is 0 Å². The summed E-state index contributed by atoms with van der Waals surface area (Å²) in [6, 6.07) is 3.71. The molecule has 0 aliphatic rings. The van der Waals surface area contributed by atoms with Crippen molar-refractivity contribution < 1.29 is 13.2 Å². The number of hydrogen-bond acceptors (Lipinski definition) is 4. The van der Waals surface area contributed by atoms with Crippen LogP contribution in [0.3, 0.4) is 0 Å². The van der Waals surface area contributed by atoms with Crippen molar-refractivity contribution in [2.24, 2.45) is 5.73 Å². The molecule has 0 unspecified atom stereocenters. The van der Waals surface area contributed by atoms with Gasteiger partial charge in [0.2, 0.25) is 15.9 Å². The second-order valence-electron chi connectivity index (χ2n) is 4.49. The molecule has 0 saturated carbocycles. The SMILES string of the molecule is C#CC(C)(C)NS(=O)(=O)c1ccc(C(N)=O)cc1N. The zero-order valence-corrected chi connectivity index (χ0v) is 11.4. The lowest BCUT2D eigenvalue weighted by atomic mass is 10.1. The Morgan fingerprint density at radius 3 is 2.42 bits per heavy atom. The number of primary amides is 1. The quantitative estimate of drug-likeness (QED) is 0.534. The first-order valence-electron chi connectivity index (χ1n) is 5.30. The maximum absolute atomic E-state index is 12.1. The number of carbonyl (C=O) groups is 1. The topological polar surface area (TPSA) is 115 Å². The number of carbonyl (C=O) groups excluding carboxylic acids is 1. The molecule has 0 fully saturated rings. The van der Waals surface area contributed by atoms with E-state index in [1.165, 1.54) is 18.2 Å². The molecule has 0 bridgehead atoms. The fourth-order valence-corrected chi connectivity index (χ4v) is 2.82. The van der Waals surface area contributed by atoms with E-state index >= 15 is 0 Å². The highest BCUT2D eigenvalue weighted by molar-refractivity contribution is 7.89. The standard InChI is InChI=1S/C12H15N3O3S/c1-4-12(2,3)15-19(17,18)10-6-5-8(11(14)16)7-9(10)13/h1,5-7,15H,13H2,2-3H3,(H2,14,16). The molecule has 1 amide bonds. The third kappa shape index (κ3) is 3.47. The van der Waals surface area contributed by atoms with Crippen molar-refractivity contribution in [1.82, 2.24) is 4.72 Å². The van der Waals surface area contributed by atoms with Crippen LogP contribution in [0.4, 0.5) is 5.69 Å². The fraction of sp³-hybridized carbons (Fsp3) is 0.250. The van der Waals surface area contributed by atoms with Gasteiger partial charge in [-0.1, -0.05) is 5.92 Å². The maximum atomic E-state index is 12.1. The van der Waals surface area contributed by atoms with Gasteiger partial charge < -0.3 is 11.5 Å². The molecule has 1 rings (SSSR count). The third-order valence-corrected chi connectivity index (χ3v) is 4.06. The van der Waals surface area contributed by atoms with Crippen LogP contribution < -0.4 is 16.2 Å². The van der Waals surface area contributed by atoms with E-state index in [1.807, 2.05) is 0 Å². The molecule has 0 spiro atoms. The summed E-state index contributed by atoms with van der Waals surface area (Å²) in [7, 11) is -3.87. The molecule has 0 atom stereocenters. The monoisotopic (exact) mass is 281 g/mol. The fourth-order valence-electron chi connectivity index (χ4n) is 1.37. The summed E-state index contributed by atoms with van der Waals surface area (Å²) in [6.07, 6.45) is 5.22. The van der Waals surface area contributed by atoms with Crippen LogP contribution in [0, 0.1) is 12.3 Å². The lowest BCUT2D eigenvalue weighted by Gasteiger charge is -2.20. The molecule has 0 heterocycles. The van der Waals surface area contributed by atoms with E-state index in [0.717, 1.165) is 0 Å². The van der Waals surface area contributed by atoms with Crippen LogP contribution in [0.15, 0.2) is 23.1 Å². The number of benzene rings is 1. The normalized spacial score (nSPS) is 11.8. The molecular weight excluding hydrogens is 266 g/mol. The average molecular weight is 281 g/mol. The number of nitrogen functional groups attached to an aromatic ring is 1. The molecule has 5 N–H and O–H groups in total. The molecule has 1 aromatic carbocycles. The second kappa shape index (κ2) is 4.91. The van der Waals surface area contributed by atoms with Crippen LogP contribution in [-0.4, -0.2) is 19.9 Å². The minimum absolute atomic E-state index is 0.0726. The third-order valence-electron chi connectivity index (χ3n) is 2.33. The van der Waals surface area contributed by atoms with Gasteiger partial charge in [-0.3, -0.25) is 4.79 Å². The number of rotatable bonds is 4. The van der Waals surface area contributed by atoms with E-state index in [-0.39, 0.29) is 16.1 Å². The summed E-state index contributed by atoms with van der Waals surface area (Å²) in [5, 5.41) is 0. The highest BCUT2D eigenvalue weighted by atomic mass is 32.2. The number of amides is 1. The first-order valence-corrected chi connectivity index (χ1v) is 6.78. The molecule has 102 valence electrons. The van der Waals surface area contributed by atoms with Crippen LogP contribution in [0.25, 0.3) is 0 Å². The first kappa shape index (κ1) is 15.0. The van der Waals surface area contributed by atoms with E-state index < -0.39 is 21.5 Å². The average Bonchev–Trinajstić information content (AvgIpc) is 2.27. The summed E-state index contributed by atoms with van der Waals surface area (Å²) < 4.78 is 26.5. The second-order valence-corrected chi connectivity index (χ2v) is 6.14. The van der Waals surface area contributed by atoms with Gasteiger partial charge in [0.05, 0.1) is 11.2 Å². The number of nitrogens with two attached hydrogens (primary N) is 2. The Morgan fingerprint density at radius 1 is 1.42 bits per heavy atom. The van der Waals surface area contributed by atoms with Gasteiger partial charge in [0.15, 0.2) is 0 Å². The van der Waals surface area contributed by atoms with Gasteiger partial charge in [-0.05, 0) is 32.0 Å². The Hall–Kier alpha value is -2.04. The van der Waals surface area contributed by atoms with Gasteiger partial charge >= 0.3 is 0 Å². The predicted molar refractivity (Wildman–Crippen MR) is 72.6 cm³/mol. The Labute approximate surface area is 112 Å². The molecule has 7 heteroatoms. The van der Waals surface area contributed by atoms with Gasteiger partial charge in [0.25, 0.3) is 0 Å². The van der Waals surface area contributed by atoms with Gasteiger partial charge in [0, 0.05) is 5.56 Å². The molecule has 6 nitrogen and oxygen atoms in total. The van der Waals surface area contributed by atoms with Crippen LogP contribution in [0.1, 0.15) is 24.2 Å². The number of anilines is 1. The molecule has 0 aliphatic carbocycles. The van der Waals surface area contributed by atoms with E-state index in [2.05, 4.69) is 10.6 Å². The van der Waals surface area contributed by atoms with E-state index in [1.54, 1.807) is 13.8 Å². The Balaban J connectivity index is 3.24. The Bertz CT molecular complexity index is 657. The number of sulfonamides is 1.